The van der Waals surface area contributed by atoms with Crippen LogP contribution in [0, 0.1) is 5.92 Å². The van der Waals surface area contributed by atoms with E-state index in [2.05, 4.69) is 25.5 Å². The monoisotopic (exact) mass is 441 g/mol. The normalized spacial score (nSPS) is 19.1. The summed E-state index contributed by atoms with van der Waals surface area (Å²) < 4.78 is 45.3. The minimum Gasteiger partial charge on any atom is -0.379 e. The van der Waals surface area contributed by atoms with Gasteiger partial charge in [-0.15, -0.1) is 15.3 Å². The van der Waals surface area contributed by atoms with E-state index in [4.69, 9.17) is 4.74 Å². The molecule has 0 bridgehead atoms. The first-order chi connectivity index (χ1) is 14.9. The molecule has 2 aliphatic heterocycles. The van der Waals surface area contributed by atoms with Crippen LogP contribution in [0.5, 0.6) is 0 Å². The van der Waals surface area contributed by atoms with Crippen LogP contribution in [-0.4, -0.2) is 83.1 Å². The van der Waals surface area contributed by atoms with Gasteiger partial charge < -0.3 is 15.0 Å². The molecule has 0 unspecified atom stereocenters. The van der Waals surface area contributed by atoms with Crippen molar-refractivity contribution >= 4 is 17.4 Å². The van der Waals surface area contributed by atoms with E-state index in [-0.39, 0.29) is 17.5 Å². The first kappa shape index (κ1) is 21.8. The highest BCUT2D eigenvalue weighted by Crippen LogP contribution is 2.28. The number of ether oxygens (including phenoxy) is 1. The summed E-state index contributed by atoms with van der Waals surface area (Å²) in [5, 5.41) is 13.8. The Labute approximate surface area is 177 Å². The van der Waals surface area contributed by atoms with E-state index >= 15 is 0 Å². The summed E-state index contributed by atoms with van der Waals surface area (Å²) in [6, 6.07) is 3.11. The number of amides is 1. The van der Waals surface area contributed by atoms with Crippen LogP contribution >= 0.6 is 0 Å². The highest BCUT2D eigenvalue weighted by molar-refractivity contribution is 5.78. The quantitative estimate of drug-likeness (QED) is 0.674. The number of hydrogen-bond donors (Lipinski definition) is 1. The number of carbonyl (C=O) groups is 1. The Morgan fingerprint density at radius 3 is 2.58 bits per heavy atom. The van der Waals surface area contributed by atoms with Crippen LogP contribution in [0.3, 0.4) is 0 Å². The minimum atomic E-state index is -4.63. The van der Waals surface area contributed by atoms with Crippen LogP contribution in [0.1, 0.15) is 25.1 Å². The Kier molecular flexibility index (Phi) is 6.56. The molecule has 0 aromatic carbocycles. The number of morpholine rings is 1. The van der Waals surface area contributed by atoms with Gasteiger partial charge in [0.05, 0.1) is 13.2 Å². The van der Waals surface area contributed by atoms with E-state index in [0.29, 0.717) is 38.3 Å². The van der Waals surface area contributed by atoms with Gasteiger partial charge in [-0.25, -0.2) is 0 Å². The zero-order valence-electron chi connectivity index (χ0n) is 17.1. The molecule has 2 aliphatic rings. The van der Waals surface area contributed by atoms with E-state index in [1.165, 1.54) is 6.07 Å². The Bertz CT molecular complexity index is 890. The number of halogens is 3. The highest BCUT2D eigenvalue weighted by atomic mass is 19.4. The van der Waals surface area contributed by atoms with Crippen molar-refractivity contribution < 1.29 is 22.7 Å². The van der Waals surface area contributed by atoms with E-state index in [9.17, 15) is 18.0 Å². The summed E-state index contributed by atoms with van der Waals surface area (Å²) in [7, 11) is 0. The first-order valence-electron chi connectivity index (χ1n) is 10.5. The predicted octanol–water partition coefficient (Wildman–Crippen LogP) is 1.20. The lowest BCUT2D eigenvalue weighted by Crippen LogP contribution is -2.42. The second-order valence-corrected chi connectivity index (χ2v) is 7.84. The van der Waals surface area contributed by atoms with Gasteiger partial charge in [0.25, 0.3) is 5.82 Å². The van der Waals surface area contributed by atoms with Crippen LogP contribution in [-0.2, 0) is 15.7 Å². The molecule has 4 heterocycles. The molecule has 2 aromatic heterocycles. The summed E-state index contributed by atoms with van der Waals surface area (Å²) >= 11 is 0. The van der Waals surface area contributed by atoms with Crippen molar-refractivity contribution in [3.63, 3.8) is 0 Å². The van der Waals surface area contributed by atoms with Crippen molar-refractivity contribution in [2.75, 3.05) is 57.4 Å². The van der Waals surface area contributed by atoms with Crippen molar-refractivity contribution in [2.45, 2.75) is 25.4 Å². The van der Waals surface area contributed by atoms with Crippen molar-refractivity contribution in [3.8, 4) is 0 Å². The van der Waals surface area contributed by atoms with Gasteiger partial charge in [-0.3, -0.25) is 9.69 Å². The molecule has 0 aliphatic carbocycles. The van der Waals surface area contributed by atoms with Gasteiger partial charge in [0, 0.05) is 38.6 Å². The third-order valence-electron chi connectivity index (χ3n) is 5.75. The van der Waals surface area contributed by atoms with E-state index in [1.807, 2.05) is 4.90 Å². The number of fused-ring (bicyclic) bond motifs is 1. The molecule has 0 spiro atoms. The SMILES string of the molecule is O=C(NCCCN1CCOCC1)C1CCN(c2ccc3nnc(C(F)(F)F)n3n2)CC1. The lowest BCUT2D eigenvalue weighted by atomic mass is 9.96. The molecule has 1 N–H and O–H groups in total. The molecule has 2 aromatic rings. The second-order valence-electron chi connectivity index (χ2n) is 7.84. The van der Waals surface area contributed by atoms with Gasteiger partial charge in [0.1, 0.15) is 5.82 Å². The number of piperidine rings is 1. The number of aromatic nitrogens is 4. The van der Waals surface area contributed by atoms with Crippen LogP contribution in [0.25, 0.3) is 5.65 Å². The fraction of sp³-hybridized carbons (Fsp3) is 0.684. The molecule has 12 heteroatoms. The van der Waals surface area contributed by atoms with E-state index in [1.54, 1.807) is 6.07 Å². The molecule has 0 radical (unpaired) electrons. The van der Waals surface area contributed by atoms with Crippen LogP contribution in [0.4, 0.5) is 19.0 Å². The second kappa shape index (κ2) is 9.35. The summed E-state index contributed by atoms with van der Waals surface area (Å²) in [6.45, 7) is 6.09. The van der Waals surface area contributed by atoms with Gasteiger partial charge in [0.15, 0.2) is 5.65 Å². The maximum atomic E-state index is 13.1. The van der Waals surface area contributed by atoms with Crippen molar-refractivity contribution in [2.24, 2.45) is 5.92 Å². The molecule has 4 rings (SSSR count). The minimum absolute atomic E-state index is 0.0439. The fourth-order valence-electron chi connectivity index (χ4n) is 3.98. The molecule has 170 valence electrons. The molecule has 31 heavy (non-hydrogen) atoms. The zero-order valence-corrected chi connectivity index (χ0v) is 17.1. The van der Waals surface area contributed by atoms with Crippen molar-refractivity contribution in [1.29, 1.82) is 0 Å². The number of alkyl halides is 3. The maximum Gasteiger partial charge on any atom is 0.453 e. The standard InChI is InChI=1S/C19H26F3N7O2/c20-19(21,22)18-25-24-15-2-3-16(26-29(15)18)28-8-4-14(5-9-28)17(30)23-6-1-7-27-10-12-31-13-11-27/h2-3,14H,1,4-13H2,(H,23,30). The molecule has 0 atom stereocenters. The van der Waals surface area contributed by atoms with E-state index < -0.39 is 12.0 Å². The largest absolute Gasteiger partial charge is 0.453 e. The van der Waals surface area contributed by atoms with Gasteiger partial charge >= 0.3 is 6.18 Å². The van der Waals surface area contributed by atoms with Crippen LogP contribution < -0.4 is 10.2 Å². The smallest absolute Gasteiger partial charge is 0.379 e. The third kappa shape index (κ3) is 5.24. The van der Waals surface area contributed by atoms with Gasteiger partial charge in [-0.1, -0.05) is 0 Å². The van der Waals surface area contributed by atoms with Gasteiger partial charge in [0.2, 0.25) is 5.91 Å². The Morgan fingerprint density at radius 2 is 1.87 bits per heavy atom. The van der Waals surface area contributed by atoms with Crippen LogP contribution in [0.2, 0.25) is 0 Å². The maximum absolute atomic E-state index is 13.1. The number of nitrogens with one attached hydrogen (secondary N) is 1. The average molecular weight is 441 g/mol. The highest BCUT2D eigenvalue weighted by Gasteiger charge is 2.38. The molecular weight excluding hydrogens is 415 g/mol. The summed E-state index contributed by atoms with van der Waals surface area (Å²) in [6.07, 6.45) is -2.47. The lowest BCUT2D eigenvalue weighted by Gasteiger charge is -2.32. The number of rotatable bonds is 6. The number of carbonyl (C=O) groups excluding carboxylic acids is 1. The zero-order chi connectivity index (χ0) is 21.8. The Balaban J connectivity index is 1.26. The molecule has 2 saturated heterocycles. The molecular formula is C19H26F3N7O2. The van der Waals surface area contributed by atoms with Crippen LogP contribution in [0.15, 0.2) is 12.1 Å². The molecule has 1 amide bonds. The Morgan fingerprint density at radius 1 is 1.13 bits per heavy atom. The number of anilines is 1. The third-order valence-corrected chi connectivity index (χ3v) is 5.75. The first-order valence-corrected chi connectivity index (χ1v) is 10.5. The average Bonchev–Trinajstić information content (AvgIpc) is 3.21. The molecule has 0 saturated carbocycles. The van der Waals surface area contributed by atoms with Gasteiger partial charge in [-0.05, 0) is 37.9 Å². The summed E-state index contributed by atoms with van der Waals surface area (Å²) in [5.41, 5.74) is 0.0439. The number of hydrogen-bond acceptors (Lipinski definition) is 7. The fourth-order valence-corrected chi connectivity index (χ4v) is 3.98. The van der Waals surface area contributed by atoms with E-state index in [0.717, 1.165) is 43.8 Å². The predicted molar refractivity (Wildman–Crippen MR) is 106 cm³/mol. The van der Waals surface area contributed by atoms with Crippen molar-refractivity contribution in [3.05, 3.63) is 18.0 Å². The molecule has 9 nitrogen and oxygen atoms in total. The van der Waals surface area contributed by atoms with Crippen molar-refractivity contribution in [1.82, 2.24) is 30.0 Å². The summed E-state index contributed by atoms with van der Waals surface area (Å²) in [4.78, 5) is 16.7. The Hall–Kier alpha value is -2.47. The number of nitrogens with zero attached hydrogens (tertiary/aromatic N) is 6. The molecule has 2 fully saturated rings. The lowest BCUT2D eigenvalue weighted by molar-refractivity contribution is -0.146. The van der Waals surface area contributed by atoms with Gasteiger partial charge in [-0.2, -0.15) is 17.7 Å². The topological polar surface area (TPSA) is 87.9 Å². The summed E-state index contributed by atoms with van der Waals surface area (Å²) in [5.74, 6) is -0.773.